The Kier molecular flexibility index (Phi) is 2.95. The van der Waals surface area contributed by atoms with Crippen molar-refractivity contribution in [3.05, 3.63) is 70.4 Å². The van der Waals surface area contributed by atoms with Crippen LogP contribution in [0.25, 0.3) is 0 Å². The molecule has 4 heteroatoms. The molecule has 2 heterocycles. The first kappa shape index (κ1) is 12.1. The van der Waals surface area contributed by atoms with E-state index in [0.717, 1.165) is 0 Å². The van der Waals surface area contributed by atoms with Crippen LogP contribution in [-0.4, -0.2) is 14.8 Å². The van der Waals surface area contributed by atoms with Crippen molar-refractivity contribution < 1.29 is 0 Å². The molecule has 1 unspecified atom stereocenters. The molecule has 0 aliphatic heterocycles. The molecule has 1 atom stereocenters. The summed E-state index contributed by atoms with van der Waals surface area (Å²) < 4.78 is 1.92. The lowest BCUT2D eigenvalue weighted by molar-refractivity contribution is 0.432. The third kappa shape index (κ3) is 1.98. The topological polar surface area (TPSA) is 30.7 Å². The molecule has 0 aliphatic rings. The summed E-state index contributed by atoms with van der Waals surface area (Å²) in [6, 6.07) is 12.6. The van der Waals surface area contributed by atoms with E-state index in [4.69, 9.17) is 0 Å². The number of hydrogen-bond acceptors (Lipinski definition) is 3. The molecule has 0 bridgehead atoms. The van der Waals surface area contributed by atoms with Gasteiger partial charge in [-0.1, -0.05) is 30.3 Å². The summed E-state index contributed by atoms with van der Waals surface area (Å²) in [5.41, 5.74) is 2.18. The number of aromatic nitrogens is 3. The number of hydrogen-bond donors (Lipinski definition) is 0. The summed E-state index contributed by atoms with van der Waals surface area (Å²) >= 11 is 1.76. The average Bonchev–Trinajstić information content (AvgIpc) is 3.10. The van der Waals surface area contributed by atoms with Gasteiger partial charge in [0.25, 0.3) is 0 Å². The van der Waals surface area contributed by atoms with Gasteiger partial charge >= 0.3 is 0 Å². The van der Waals surface area contributed by atoms with Crippen molar-refractivity contribution in [2.24, 2.45) is 0 Å². The molecule has 3 nitrogen and oxygen atoms in total. The largest absolute Gasteiger partial charge is 0.237 e. The molecule has 0 N–H and O–H groups in total. The van der Waals surface area contributed by atoms with Crippen LogP contribution >= 0.6 is 11.3 Å². The lowest BCUT2D eigenvalue weighted by atomic mass is 9.90. The van der Waals surface area contributed by atoms with Crippen LogP contribution < -0.4 is 0 Å². The van der Waals surface area contributed by atoms with Crippen molar-refractivity contribution in [2.45, 2.75) is 19.4 Å². The summed E-state index contributed by atoms with van der Waals surface area (Å²) in [5, 5.41) is 6.54. The standard InChI is InChI=1S/C15H15N3S/c1-12-8-14(19-9-12)15(2,18-11-16-10-17-18)13-6-4-3-5-7-13/h3-11H,1-2H3. The van der Waals surface area contributed by atoms with E-state index in [1.54, 1.807) is 24.0 Å². The summed E-state index contributed by atoms with van der Waals surface area (Å²) in [7, 11) is 0. The Morgan fingerprint density at radius 1 is 1.21 bits per heavy atom. The zero-order chi connectivity index (χ0) is 13.3. The molecule has 0 spiro atoms. The first-order chi connectivity index (χ1) is 9.21. The van der Waals surface area contributed by atoms with Gasteiger partial charge in [-0.15, -0.1) is 11.3 Å². The Balaban J connectivity index is 2.22. The molecule has 2 aromatic heterocycles. The Bertz CT molecular complexity index is 658. The fraction of sp³-hybridized carbons (Fsp3) is 0.200. The van der Waals surface area contributed by atoms with Crippen LogP contribution in [0.4, 0.5) is 0 Å². The summed E-state index contributed by atoms with van der Waals surface area (Å²) in [4.78, 5) is 5.37. The Labute approximate surface area is 116 Å². The van der Waals surface area contributed by atoms with Crippen molar-refractivity contribution in [3.8, 4) is 0 Å². The Hall–Kier alpha value is -1.94. The Morgan fingerprint density at radius 2 is 2.00 bits per heavy atom. The van der Waals surface area contributed by atoms with Gasteiger partial charge in [0.1, 0.15) is 18.2 Å². The molecular weight excluding hydrogens is 254 g/mol. The Morgan fingerprint density at radius 3 is 2.58 bits per heavy atom. The van der Waals surface area contributed by atoms with E-state index in [1.165, 1.54) is 16.0 Å². The van der Waals surface area contributed by atoms with E-state index >= 15 is 0 Å². The second-order valence-corrected chi connectivity index (χ2v) is 5.68. The zero-order valence-electron chi connectivity index (χ0n) is 10.9. The summed E-state index contributed by atoms with van der Waals surface area (Å²) in [5.74, 6) is 0. The van der Waals surface area contributed by atoms with Gasteiger partial charge in [0.15, 0.2) is 0 Å². The van der Waals surface area contributed by atoms with Gasteiger partial charge in [-0.25, -0.2) is 9.67 Å². The number of benzene rings is 1. The predicted molar refractivity (Wildman–Crippen MR) is 77.4 cm³/mol. The van der Waals surface area contributed by atoms with Crippen LogP contribution in [-0.2, 0) is 5.54 Å². The highest BCUT2D eigenvalue weighted by Crippen LogP contribution is 2.36. The van der Waals surface area contributed by atoms with E-state index in [0.29, 0.717) is 0 Å². The number of rotatable bonds is 3. The second kappa shape index (κ2) is 4.63. The van der Waals surface area contributed by atoms with E-state index in [1.807, 2.05) is 10.7 Å². The molecule has 0 radical (unpaired) electrons. The quantitative estimate of drug-likeness (QED) is 0.729. The third-order valence-electron chi connectivity index (χ3n) is 3.42. The van der Waals surface area contributed by atoms with E-state index in [9.17, 15) is 0 Å². The lowest BCUT2D eigenvalue weighted by Gasteiger charge is -2.29. The molecule has 0 fully saturated rings. The molecule has 1 aromatic carbocycles. The first-order valence-corrected chi connectivity index (χ1v) is 7.05. The van der Waals surface area contributed by atoms with Crippen LogP contribution in [0.5, 0.6) is 0 Å². The van der Waals surface area contributed by atoms with Crippen molar-refractivity contribution >= 4 is 11.3 Å². The SMILES string of the molecule is Cc1csc(C(C)(c2ccccc2)n2cncn2)c1. The summed E-state index contributed by atoms with van der Waals surface area (Å²) in [6.45, 7) is 4.30. The van der Waals surface area contributed by atoms with Crippen molar-refractivity contribution in [2.75, 3.05) is 0 Å². The minimum atomic E-state index is -0.309. The van der Waals surface area contributed by atoms with Crippen LogP contribution in [0.15, 0.2) is 54.4 Å². The van der Waals surface area contributed by atoms with Crippen molar-refractivity contribution in [3.63, 3.8) is 0 Å². The van der Waals surface area contributed by atoms with Crippen LogP contribution in [0.1, 0.15) is 22.9 Å². The van der Waals surface area contributed by atoms with E-state index < -0.39 is 0 Å². The van der Waals surface area contributed by atoms with Crippen molar-refractivity contribution in [1.82, 2.24) is 14.8 Å². The highest BCUT2D eigenvalue weighted by Gasteiger charge is 2.33. The molecule has 96 valence electrons. The molecule has 0 aliphatic carbocycles. The molecule has 0 saturated carbocycles. The molecule has 0 amide bonds. The van der Waals surface area contributed by atoms with E-state index in [2.05, 4.69) is 59.6 Å². The maximum atomic E-state index is 4.36. The van der Waals surface area contributed by atoms with Gasteiger partial charge in [-0.3, -0.25) is 0 Å². The van der Waals surface area contributed by atoms with Gasteiger partial charge in [0.05, 0.1) is 0 Å². The van der Waals surface area contributed by atoms with E-state index in [-0.39, 0.29) is 5.54 Å². The summed E-state index contributed by atoms with van der Waals surface area (Å²) in [6.07, 6.45) is 3.36. The second-order valence-electron chi connectivity index (χ2n) is 4.77. The van der Waals surface area contributed by atoms with Gasteiger partial charge < -0.3 is 0 Å². The van der Waals surface area contributed by atoms with Crippen LogP contribution in [0.3, 0.4) is 0 Å². The van der Waals surface area contributed by atoms with Gasteiger partial charge in [0, 0.05) is 4.88 Å². The number of thiophene rings is 1. The monoisotopic (exact) mass is 269 g/mol. The first-order valence-electron chi connectivity index (χ1n) is 6.17. The van der Waals surface area contributed by atoms with Gasteiger partial charge in [-0.05, 0) is 36.4 Å². The molecule has 3 rings (SSSR count). The minimum absolute atomic E-state index is 0.309. The molecule has 3 aromatic rings. The number of aryl methyl sites for hydroxylation is 1. The third-order valence-corrected chi connectivity index (χ3v) is 4.68. The van der Waals surface area contributed by atoms with Gasteiger partial charge in [-0.2, -0.15) is 5.10 Å². The minimum Gasteiger partial charge on any atom is -0.237 e. The highest BCUT2D eigenvalue weighted by molar-refractivity contribution is 7.10. The highest BCUT2D eigenvalue weighted by atomic mass is 32.1. The fourth-order valence-electron chi connectivity index (χ4n) is 2.28. The fourth-order valence-corrected chi connectivity index (χ4v) is 3.35. The van der Waals surface area contributed by atoms with Gasteiger partial charge in [0.2, 0.25) is 0 Å². The molecular formula is C15H15N3S. The van der Waals surface area contributed by atoms with Crippen molar-refractivity contribution in [1.29, 1.82) is 0 Å². The normalized spacial score (nSPS) is 14.2. The molecule has 0 saturated heterocycles. The predicted octanol–water partition coefficient (Wildman–Crippen LogP) is 3.46. The van der Waals surface area contributed by atoms with Crippen LogP contribution in [0.2, 0.25) is 0 Å². The smallest absolute Gasteiger partial charge is 0.137 e. The average molecular weight is 269 g/mol. The zero-order valence-corrected chi connectivity index (χ0v) is 11.8. The molecule has 19 heavy (non-hydrogen) atoms. The maximum Gasteiger partial charge on any atom is 0.137 e. The number of nitrogens with zero attached hydrogens (tertiary/aromatic N) is 3. The lowest BCUT2D eigenvalue weighted by Crippen LogP contribution is -2.32. The van der Waals surface area contributed by atoms with Crippen LogP contribution in [0, 0.1) is 6.92 Å². The maximum absolute atomic E-state index is 4.36.